The van der Waals surface area contributed by atoms with Gasteiger partial charge in [0.15, 0.2) is 0 Å². The SMILES string of the molecule is [2H]c1nc(-c2cc(-c3cccc4c3nc(-c3cc(C)cc(C)c3O)n4-c3cc(-c4ccccc4)c(C([2H])(C)C)cc3-c3ccccc3)cc(C(C)(C)C)c2)c([2H])c(-c2c([2H])c([2H])c([2H])c([2H])c2[2H])c1[2H]. The first-order chi connectivity index (χ1) is 33.1. The first-order valence-electron chi connectivity index (χ1n) is 24.9. The summed E-state index contributed by atoms with van der Waals surface area (Å²) in [5, 5.41) is 12.0. The Hall–Kier alpha value is -7.04. The van der Waals surface area contributed by atoms with Gasteiger partial charge in [-0.1, -0.05) is 150 Å². The van der Waals surface area contributed by atoms with Crippen molar-refractivity contribution in [2.75, 3.05) is 0 Å². The van der Waals surface area contributed by atoms with Gasteiger partial charge in [0.1, 0.15) is 11.6 Å². The topological polar surface area (TPSA) is 50.9 Å². The third kappa shape index (κ3) is 7.55. The van der Waals surface area contributed by atoms with Crippen LogP contribution in [0.5, 0.6) is 5.75 Å². The van der Waals surface area contributed by atoms with Crippen LogP contribution in [-0.4, -0.2) is 19.6 Å². The summed E-state index contributed by atoms with van der Waals surface area (Å²) in [6.45, 7) is 13.8. The number of hydrogen-bond acceptors (Lipinski definition) is 3. The first kappa shape index (κ1) is 30.1. The lowest BCUT2D eigenvalue weighted by molar-refractivity contribution is 0.472. The summed E-state index contributed by atoms with van der Waals surface area (Å²) in [7, 11) is 0. The van der Waals surface area contributed by atoms with Gasteiger partial charge in [0.25, 0.3) is 0 Å². The van der Waals surface area contributed by atoms with E-state index < -0.39 is 53.7 Å². The predicted molar refractivity (Wildman–Crippen MR) is 255 cm³/mol. The Morgan fingerprint density at radius 2 is 1.33 bits per heavy atom. The third-order valence-corrected chi connectivity index (χ3v) is 11.2. The highest BCUT2D eigenvalue weighted by Crippen LogP contribution is 2.45. The highest BCUT2D eigenvalue weighted by molar-refractivity contribution is 5.98. The molecule has 0 aliphatic carbocycles. The van der Waals surface area contributed by atoms with Gasteiger partial charge in [0, 0.05) is 24.2 Å². The summed E-state index contributed by atoms with van der Waals surface area (Å²) in [5.74, 6) is -0.425. The first-order valence-corrected chi connectivity index (χ1v) is 20.4. The lowest BCUT2D eigenvalue weighted by atomic mass is 9.83. The Bertz CT molecular complexity index is 3550. The van der Waals surface area contributed by atoms with Crippen LogP contribution in [0.4, 0.5) is 0 Å². The maximum Gasteiger partial charge on any atom is 0.149 e. The molecule has 2 aromatic heterocycles. The lowest BCUT2D eigenvalue weighted by Crippen LogP contribution is -2.11. The van der Waals surface area contributed by atoms with E-state index in [0.717, 1.165) is 50.1 Å². The largest absolute Gasteiger partial charge is 0.507 e. The Kier molecular flexibility index (Phi) is 7.81. The van der Waals surface area contributed by atoms with Crippen molar-refractivity contribution in [2.24, 2.45) is 0 Å². The number of benzene rings is 7. The van der Waals surface area contributed by atoms with E-state index in [1.54, 1.807) is 0 Å². The standard InChI is InChI=1S/C57H51N3O/c1-36(2)47-34-49(41-22-15-10-16-23-41)53(35-48(47)40-20-13-9-14-21-40)60-52-25-17-24-46(54(52)59-56(60)50-29-37(3)28-38(4)55(50)61)43-30-44(32-45(31-43)57(5,6)7)51-33-42(26-27-58-51)39-18-11-8-12-19-39/h8-36,61H,1-7H3/i8D,11D,12D,18D,19D,26D,27D,33D,36D. The number of imidazole rings is 1. The van der Waals surface area contributed by atoms with Crippen molar-refractivity contribution in [3.05, 3.63) is 192 Å². The zero-order valence-electron chi connectivity index (χ0n) is 44.3. The molecule has 0 radical (unpaired) electrons. The van der Waals surface area contributed by atoms with Crippen molar-refractivity contribution in [1.29, 1.82) is 0 Å². The molecule has 9 aromatic rings. The van der Waals surface area contributed by atoms with Crippen molar-refractivity contribution in [1.82, 2.24) is 14.5 Å². The van der Waals surface area contributed by atoms with Crippen molar-refractivity contribution in [3.63, 3.8) is 0 Å². The quantitative estimate of drug-likeness (QED) is 0.166. The van der Waals surface area contributed by atoms with Crippen LogP contribution in [0.2, 0.25) is 0 Å². The van der Waals surface area contributed by atoms with Gasteiger partial charge in [-0.15, -0.1) is 0 Å². The molecular weight excluding hydrogens is 743 g/mol. The molecule has 0 atom stereocenters. The molecule has 300 valence electrons. The van der Waals surface area contributed by atoms with Gasteiger partial charge in [0.05, 0.1) is 38.9 Å². The number of fused-ring (bicyclic) bond motifs is 1. The molecule has 4 heteroatoms. The number of aryl methyl sites for hydroxylation is 2. The summed E-state index contributed by atoms with van der Waals surface area (Å²) in [6.07, 6.45) is -0.516. The van der Waals surface area contributed by atoms with Gasteiger partial charge in [-0.3, -0.25) is 9.55 Å². The van der Waals surface area contributed by atoms with Gasteiger partial charge in [-0.2, -0.15) is 0 Å². The Morgan fingerprint density at radius 3 is 2.02 bits per heavy atom. The molecule has 0 saturated heterocycles. The third-order valence-electron chi connectivity index (χ3n) is 11.2. The maximum absolute atomic E-state index is 12.0. The molecule has 0 aliphatic rings. The number of nitrogens with zero attached hydrogens (tertiary/aromatic N) is 3. The normalized spacial score (nSPS) is 14.0. The van der Waals surface area contributed by atoms with E-state index in [2.05, 4.69) is 48.5 Å². The summed E-state index contributed by atoms with van der Waals surface area (Å²) < 4.78 is 81.1. The van der Waals surface area contributed by atoms with E-state index in [1.807, 2.05) is 131 Å². The van der Waals surface area contributed by atoms with Gasteiger partial charge in [-0.05, 0) is 129 Å². The summed E-state index contributed by atoms with van der Waals surface area (Å²) in [4.78, 5) is 9.96. The number of phenolic OH excluding ortho intramolecular Hbond substituents is 1. The lowest BCUT2D eigenvalue weighted by Gasteiger charge is -2.22. The molecule has 7 aromatic carbocycles. The fraction of sp³-hybridized carbons (Fsp3) is 0.158. The number of aromatic nitrogens is 3. The Morgan fingerprint density at radius 1 is 0.639 bits per heavy atom. The molecule has 0 fully saturated rings. The minimum absolute atomic E-state index is 0.00654. The van der Waals surface area contributed by atoms with E-state index in [9.17, 15) is 7.85 Å². The zero-order valence-corrected chi connectivity index (χ0v) is 35.3. The Balaban J connectivity index is 1.39. The van der Waals surface area contributed by atoms with Crippen LogP contribution in [0, 0.1) is 13.8 Å². The number of aromatic hydroxyl groups is 1. The van der Waals surface area contributed by atoms with Crippen LogP contribution < -0.4 is 0 Å². The predicted octanol–water partition coefficient (Wildman–Crippen LogP) is 15.2. The number of para-hydroxylation sites is 1. The number of pyridine rings is 1. The molecule has 0 spiro atoms. The zero-order chi connectivity index (χ0) is 50.3. The molecule has 0 bridgehead atoms. The average molecular weight is 803 g/mol. The summed E-state index contributed by atoms with van der Waals surface area (Å²) >= 11 is 0. The molecule has 2 heterocycles. The van der Waals surface area contributed by atoms with Crippen LogP contribution in [0.15, 0.2) is 170 Å². The molecule has 1 N–H and O–H groups in total. The van der Waals surface area contributed by atoms with Crippen molar-refractivity contribution in [3.8, 4) is 78.6 Å². The van der Waals surface area contributed by atoms with E-state index in [0.29, 0.717) is 39.2 Å². The van der Waals surface area contributed by atoms with E-state index in [4.69, 9.17) is 14.6 Å². The fourth-order valence-corrected chi connectivity index (χ4v) is 8.09. The fourth-order valence-electron chi connectivity index (χ4n) is 8.09. The van der Waals surface area contributed by atoms with Crippen LogP contribution in [0.25, 0.3) is 83.9 Å². The second kappa shape index (κ2) is 15.9. The summed E-state index contributed by atoms with van der Waals surface area (Å²) in [5.41, 5.74) is 10.3. The second-order valence-electron chi connectivity index (χ2n) is 16.8. The second-order valence-corrected chi connectivity index (χ2v) is 16.8. The van der Waals surface area contributed by atoms with Crippen molar-refractivity contribution in [2.45, 2.75) is 59.8 Å². The smallest absolute Gasteiger partial charge is 0.149 e. The Labute approximate surface area is 372 Å². The molecule has 0 aliphatic heterocycles. The monoisotopic (exact) mass is 802 g/mol. The minimum atomic E-state index is -0.993. The molecule has 9 rings (SSSR count). The van der Waals surface area contributed by atoms with Gasteiger partial charge >= 0.3 is 0 Å². The van der Waals surface area contributed by atoms with Gasteiger partial charge in [0.2, 0.25) is 0 Å². The number of phenols is 1. The van der Waals surface area contributed by atoms with E-state index >= 15 is 0 Å². The molecule has 0 unspecified atom stereocenters. The number of hydrogen-bond donors (Lipinski definition) is 1. The number of rotatable bonds is 8. The van der Waals surface area contributed by atoms with Crippen LogP contribution in [0.3, 0.4) is 0 Å². The highest BCUT2D eigenvalue weighted by Gasteiger charge is 2.26. The van der Waals surface area contributed by atoms with Crippen LogP contribution >= 0.6 is 0 Å². The highest BCUT2D eigenvalue weighted by atomic mass is 16.3. The summed E-state index contributed by atoms with van der Waals surface area (Å²) in [6, 6.07) is 36.0. The molecule has 61 heavy (non-hydrogen) atoms. The minimum Gasteiger partial charge on any atom is -0.507 e. The van der Waals surface area contributed by atoms with E-state index in [1.165, 1.54) is 0 Å². The maximum atomic E-state index is 12.0. The van der Waals surface area contributed by atoms with Crippen LogP contribution in [0.1, 0.15) is 75.1 Å². The molecule has 0 amide bonds. The van der Waals surface area contributed by atoms with Crippen molar-refractivity contribution < 1.29 is 17.4 Å². The molecular formula is C57H51N3O. The van der Waals surface area contributed by atoms with Crippen molar-refractivity contribution >= 4 is 11.0 Å². The molecule has 4 nitrogen and oxygen atoms in total. The average Bonchev–Trinajstić information content (AvgIpc) is 3.72. The van der Waals surface area contributed by atoms with E-state index in [-0.39, 0.29) is 28.6 Å². The molecule has 0 saturated carbocycles. The van der Waals surface area contributed by atoms with Crippen LogP contribution in [-0.2, 0) is 5.41 Å². The van der Waals surface area contributed by atoms with Gasteiger partial charge < -0.3 is 5.11 Å². The van der Waals surface area contributed by atoms with Gasteiger partial charge in [-0.25, -0.2) is 4.98 Å².